The Kier molecular flexibility index (Phi) is 4.02. The van der Waals surface area contributed by atoms with Crippen molar-refractivity contribution in [1.29, 1.82) is 0 Å². The molecule has 3 N–H and O–H groups in total. The van der Waals surface area contributed by atoms with Gasteiger partial charge in [-0.1, -0.05) is 18.2 Å². The Morgan fingerprint density at radius 2 is 1.91 bits per heavy atom. The van der Waals surface area contributed by atoms with Gasteiger partial charge in [-0.25, -0.2) is 4.79 Å². The summed E-state index contributed by atoms with van der Waals surface area (Å²) < 4.78 is 0. The summed E-state index contributed by atoms with van der Waals surface area (Å²) in [6.45, 7) is 0. The first-order valence-electron chi connectivity index (χ1n) is 9.07. The van der Waals surface area contributed by atoms with Gasteiger partial charge in [-0.05, 0) is 74.0 Å². The van der Waals surface area contributed by atoms with Crippen molar-refractivity contribution in [2.24, 2.45) is 0 Å². The summed E-state index contributed by atoms with van der Waals surface area (Å²) in [6.07, 6.45) is 7.91. The fraction of sp³-hybridized carbons (Fsp3) is 0.632. The van der Waals surface area contributed by atoms with Gasteiger partial charge in [-0.2, -0.15) is 0 Å². The molecule has 124 valence electrons. The second-order valence-corrected chi connectivity index (χ2v) is 7.42. The van der Waals surface area contributed by atoms with Crippen LogP contribution in [0.2, 0.25) is 0 Å². The predicted molar refractivity (Wildman–Crippen MR) is 89.4 cm³/mol. The zero-order valence-corrected chi connectivity index (χ0v) is 13.6. The third kappa shape index (κ3) is 2.97. The number of amides is 2. The summed E-state index contributed by atoms with van der Waals surface area (Å²) in [5, 5.41) is 15.9. The molecule has 1 fully saturated rings. The molecule has 3 aliphatic rings. The third-order valence-corrected chi connectivity index (χ3v) is 5.87. The first-order valence-corrected chi connectivity index (χ1v) is 9.07. The van der Waals surface area contributed by atoms with Gasteiger partial charge < -0.3 is 15.7 Å². The van der Waals surface area contributed by atoms with E-state index in [1.54, 1.807) is 0 Å². The maximum atomic E-state index is 12.4. The Hall–Kier alpha value is -1.55. The molecule has 4 heteroatoms. The molecule has 0 aromatic heterocycles. The minimum absolute atomic E-state index is 0.0485. The van der Waals surface area contributed by atoms with Crippen LogP contribution in [0.1, 0.15) is 73.6 Å². The van der Waals surface area contributed by atoms with Gasteiger partial charge in [-0.15, -0.1) is 0 Å². The van der Waals surface area contributed by atoms with E-state index in [2.05, 4.69) is 28.8 Å². The monoisotopic (exact) mass is 314 g/mol. The SMILES string of the molecule is O=C(NC1CCC(O)CC1)NC1CC2CCCc3cccc1c32. The zero-order valence-electron chi connectivity index (χ0n) is 13.6. The Labute approximate surface area is 137 Å². The lowest BCUT2D eigenvalue weighted by molar-refractivity contribution is 0.117. The summed E-state index contributed by atoms with van der Waals surface area (Å²) in [7, 11) is 0. The highest BCUT2D eigenvalue weighted by atomic mass is 16.3. The van der Waals surface area contributed by atoms with Crippen LogP contribution < -0.4 is 10.6 Å². The Morgan fingerprint density at radius 1 is 1.09 bits per heavy atom. The summed E-state index contributed by atoms with van der Waals surface area (Å²) >= 11 is 0. The fourth-order valence-corrected chi connectivity index (χ4v) is 4.73. The van der Waals surface area contributed by atoms with Crippen LogP contribution >= 0.6 is 0 Å². The van der Waals surface area contributed by atoms with Gasteiger partial charge in [0, 0.05) is 6.04 Å². The van der Waals surface area contributed by atoms with E-state index in [-0.39, 0.29) is 24.2 Å². The number of carbonyl (C=O) groups is 1. The number of carbonyl (C=O) groups excluding carboxylic acids is 1. The Bertz CT molecular complexity index is 593. The van der Waals surface area contributed by atoms with Crippen LogP contribution in [-0.2, 0) is 6.42 Å². The van der Waals surface area contributed by atoms with Gasteiger partial charge in [-0.3, -0.25) is 0 Å². The molecule has 3 aliphatic carbocycles. The number of urea groups is 1. The number of rotatable bonds is 2. The highest BCUT2D eigenvalue weighted by molar-refractivity contribution is 5.75. The second-order valence-electron chi connectivity index (χ2n) is 7.42. The molecule has 23 heavy (non-hydrogen) atoms. The molecule has 1 aromatic carbocycles. The van der Waals surface area contributed by atoms with Crippen LogP contribution in [0.3, 0.4) is 0 Å². The number of hydrogen-bond acceptors (Lipinski definition) is 2. The molecule has 4 nitrogen and oxygen atoms in total. The van der Waals surface area contributed by atoms with E-state index in [9.17, 15) is 9.90 Å². The molecule has 0 radical (unpaired) electrons. The molecular weight excluding hydrogens is 288 g/mol. The van der Waals surface area contributed by atoms with Gasteiger partial charge in [0.25, 0.3) is 0 Å². The largest absolute Gasteiger partial charge is 0.393 e. The van der Waals surface area contributed by atoms with Crippen molar-refractivity contribution in [3.05, 3.63) is 34.9 Å². The van der Waals surface area contributed by atoms with Crippen molar-refractivity contribution in [2.75, 3.05) is 0 Å². The van der Waals surface area contributed by atoms with E-state index < -0.39 is 0 Å². The van der Waals surface area contributed by atoms with Crippen molar-refractivity contribution in [3.63, 3.8) is 0 Å². The highest BCUT2D eigenvalue weighted by Gasteiger charge is 2.35. The number of benzene rings is 1. The van der Waals surface area contributed by atoms with Crippen LogP contribution in [0, 0.1) is 0 Å². The molecule has 4 rings (SSSR count). The smallest absolute Gasteiger partial charge is 0.315 e. The predicted octanol–water partition coefficient (Wildman–Crippen LogP) is 3.15. The molecule has 0 heterocycles. The lowest BCUT2D eigenvalue weighted by Crippen LogP contribution is -2.45. The molecule has 0 bridgehead atoms. The third-order valence-electron chi connectivity index (χ3n) is 5.87. The van der Waals surface area contributed by atoms with Crippen LogP contribution in [0.4, 0.5) is 4.79 Å². The van der Waals surface area contributed by atoms with Gasteiger partial charge >= 0.3 is 6.03 Å². The van der Waals surface area contributed by atoms with Gasteiger partial charge in [0.15, 0.2) is 0 Å². The fourth-order valence-electron chi connectivity index (χ4n) is 4.73. The van der Waals surface area contributed by atoms with Crippen LogP contribution in [0.25, 0.3) is 0 Å². The molecule has 2 unspecified atom stereocenters. The zero-order chi connectivity index (χ0) is 15.8. The number of aliphatic hydroxyl groups is 1. The van der Waals surface area contributed by atoms with E-state index in [0.29, 0.717) is 5.92 Å². The van der Waals surface area contributed by atoms with E-state index in [1.165, 1.54) is 36.0 Å². The summed E-state index contributed by atoms with van der Waals surface area (Å²) in [4.78, 5) is 12.4. The van der Waals surface area contributed by atoms with Gasteiger partial charge in [0.2, 0.25) is 0 Å². The van der Waals surface area contributed by atoms with Crippen molar-refractivity contribution >= 4 is 6.03 Å². The summed E-state index contributed by atoms with van der Waals surface area (Å²) in [5.74, 6) is 0.630. The number of hydrogen-bond donors (Lipinski definition) is 3. The van der Waals surface area contributed by atoms with Crippen LogP contribution in [-0.4, -0.2) is 23.3 Å². The van der Waals surface area contributed by atoms with E-state index in [0.717, 1.165) is 32.1 Å². The minimum atomic E-state index is -0.182. The lowest BCUT2D eigenvalue weighted by atomic mass is 9.84. The van der Waals surface area contributed by atoms with Crippen LogP contribution in [0.15, 0.2) is 18.2 Å². The quantitative estimate of drug-likeness (QED) is 0.785. The first kappa shape index (κ1) is 15.0. The number of nitrogens with one attached hydrogen (secondary N) is 2. The summed E-state index contributed by atoms with van der Waals surface area (Å²) in [5.41, 5.74) is 4.34. The van der Waals surface area contributed by atoms with Crippen molar-refractivity contribution < 1.29 is 9.90 Å². The molecule has 1 aromatic rings. The average molecular weight is 314 g/mol. The number of aliphatic hydroxyl groups excluding tert-OH is 1. The highest BCUT2D eigenvalue weighted by Crippen LogP contribution is 2.47. The Balaban J connectivity index is 1.41. The molecule has 0 saturated heterocycles. The lowest BCUT2D eigenvalue weighted by Gasteiger charge is -2.27. The maximum absolute atomic E-state index is 12.4. The molecule has 2 atom stereocenters. The van der Waals surface area contributed by atoms with Crippen molar-refractivity contribution in [1.82, 2.24) is 10.6 Å². The average Bonchev–Trinajstić information content (AvgIpc) is 2.90. The normalized spacial score (nSPS) is 32.2. The molecule has 0 aliphatic heterocycles. The van der Waals surface area contributed by atoms with Crippen molar-refractivity contribution in [2.45, 2.75) is 75.5 Å². The van der Waals surface area contributed by atoms with E-state index in [4.69, 9.17) is 0 Å². The Morgan fingerprint density at radius 3 is 2.74 bits per heavy atom. The van der Waals surface area contributed by atoms with Gasteiger partial charge in [0.05, 0.1) is 12.1 Å². The molecule has 2 amide bonds. The first-order chi connectivity index (χ1) is 11.2. The summed E-state index contributed by atoms with van der Waals surface area (Å²) in [6, 6.07) is 6.89. The second kappa shape index (κ2) is 6.16. The molecule has 1 saturated carbocycles. The number of aryl methyl sites for hydroxylation is 1. The maximum Gasteiger partial charge on any atom is 0.315 e. The van der Waals surface area contributed by atoms with E-state index in [1.807, 2.05) is 0 Å². The van der Waals surface area contributed by atoms with Gasteiger partial charge in [0.1, 0.15) is 0 Å². The van der Waals surface area contributed by atoms with Crippen LogP contribution in [0.5, 0.6) is 0 Å². The standard InChI is InChI=1S/C19H26N2O2/c22-15-9-7-14(8-10-15)20-19(23)21-17-11-13-5-1-3-12-4-2-6-16(17)18(12)13/h2,4,6,13-15,17,22H,1,3,5,7-11H2,(H2,20,21,23). The van der Waals surface area contributed by atoms with E-state index >= 15 is 0 Å². The van der Waals surface area contributed by atoms with Crippen molar-refractivity contribution in [3.8, 4) is 0 Å². The minimum Gasteiger partial charge on any atom is -0.393 e. The molecular formula is C19H26N2O2. The topological polar surface area (TPSA) is 61.4 Å². The molecule has 0 spiro atoms.